The molecule has 0 spiro atoms. The fraction of sp³-hybridized carbons (Fsp3) is 0.333. The van der Waals surface area contributed by atoms with Crippen molar-refractivity contribution < 1.29 is 24.2 Å². The summed E-state index contributed by atoms with van der Waals surface area (Å²) < 4.78 is 4.65. The molecule has 2 heterocycles. The Morgan fingerprint density at radius 3 is 2.34 bits per heavy atom. The summed E-state index contributed by atoms with van der Waals surface area (Å²) in [4.78, 5) is 43.8. The van der Waals surface area contributed by atoms with Crippen LogP contribution in [0.3, 0.4) is 0 Å². The van der Waals surface area contributed by atoms with Crippen LogP contribution in [0.4, 0.5) is 16.2 Å². The molecular weight excluding hydrogens is 374 g/mol. The van der Waals surface area contributed by atoms with Gasteiger partial charge in [-0.05, 0) is 55.7 Å². The smallest absolute Gasteiger partial charge is 0.412 e. The number of carboxylic acid groups (broad SMARTS) is 1. The molecule has 0 saturated carbocycles. The molecule has 8 nitrogen and oxygen atoms in total. The van der Waals surface area contributed by atoms with Gasteiger partial charge in [-0.1, -0.05) is 6.92 Å². The highest BCUT2D eigenvalue weighted by atomic mass is 16.5. The van der Waals surface area contributed by atoms with Gasteiger partial charge in [0.25, 0.3) is 5.91 Å². The lowest BCUT2D eigenvalue weighted by molar-refractivity contribution is 0.0599. The Morgan fingerprint density at radius 1 is 1.17 bits per heavy atom. The highest BCUT2D eigenvalue weighted by molar-refractivity contribution is 6.09. The van der Waals surface area contributed by atoms with Crippen molar-refractivity contribution >= 4 is 29.3 Å². The molecule has 2 aromatic rings. The van der Waals surface area contributed by atoms with Crippen molar-refractivity contribution in [3.8, 4) is 0 Å². The van der Waals surface area contributed by atoms with Gasteiger partial charge in [0.1, 0.15) is 5.69 Å². The topological polar surface area (TPSA) is 100 Å². The van der Waals surface area contributed by atoms with Gasteiger partial charge in [-0.15, -0.1) is 0 Å². The first kappa shape index (κ1) is 20.3. The number of methoxy groups -OCH3 is 1. The van der Waals surface area contributed by atoms with Crippen LogP contribution in [0.5, 0.6) is 0 Å². The summed E-state index contributed by atoms with van der Waals surface area (Å²) in [5.74, 6) is -0.886. The zero-order valence-corrected chi connectivity index (χ0v) is 16.8. The van der Waals surface area contributed by atoms with Gasteiger partial charge in [0, 0.05) is 12.7 Å². The Bertz CT molecular complexity index is 971. The molecule has 0 fully saturated rings. The Morgan fingerprint density at radius 2 is 1.83 bits per heavy atom. The number of aromatic nitrogens is 1. The Labute approximate surface area is 168 Å². The number of hydrogen-bond donors (Lipinski definition) is 1. The lowest BCUT2D eigenvalue weighted by atomic mass is 10.00. The molecule has 1 N–H and O–H groups in total. The molecule has 1 atom stereocenters. The Kier molecular flexibility index (Phi) is 5.54. The van der Waals surface area contributed by atoms with Gasteiger partial charge in [0.15, 0.2) is 0 Å². The van der Waals surface area contributed by atoms with E-state index in [1.54, 1.807) is 11.0 Å². The SMILES string of the molecule is CCC1CN(C(=O)c2ccc(C(=O)OC)cn2)c2cc(C)c(C)cc2N1C(=O)O. The summed E-state index contributed by atoms with van der Waals surface area (Å²) in [6.07, 6.45) is 0.802. The number of anilines is 2. The first-order valence-corrected chi connectivity index (χ1v) is 9.28. The van der Waals surface area contributed by atoms with Crippen molar-refractivity contribution in [2.24, 2.45) is 0 Å². The van der Waals surface area contributed by atoms with Crippen LogP contribution >= 0.6 is 0 Å². The minimum Gasteiger partial charge on any atom is -0.465 e. The Hall–Kier alpha value is -3.42. The van der Waals surface area contributed by atoms with Crippen molar-refractivity contribution in [3.05, 3.63) is 52.8 Å². The van der Waals surface area contributed by atoms with Crippen molar-refractivity contribution in [2.75, 3.05) is 23.5 Å². The van der Waals surface area contributed by atoms with Crippen LogP contribution in [0.25, 0.3) is 0 Å². The number of rotatable bonds is 3. The standard InChI is InChI=1S/C21H23N3O5/c1-5-15-11-23(19(25)16-7-6-14(10-22-16)20(26)29-4)17-8-12(2)13(3)9-18(17)24(15)21(27)28/h6-10,15H,5,11H2,1-4H3,(H,27,28). The molecule has 1 unspecified atom stereocenters. The molecule has 2 amide bonds. The fourth-order valence-electron chi connectivity index (χ4n) is 3.44. The largest absolute Gasteiger partial charge is 0.465 e. The maximum atomic E-state index is 13.2. The second-order valence-electron chi connectivity index (χ2n) is 6.98. The maximum absolute atomic E-state index is 13.2. The van der Waals surface area contributed by atoms with Gasteiger partial charge in [-0.2, -0.15) is 0 Å². The quantitative estimate of drug-likeness (QED) is 0.797. The number of pyridine rings is 1. The minimum absolute atomic E-state index is 0.167. The van der Waals surface area contributed by atoms with Gasteiger partial charge in [0.05, 0.1) is 30.1 Å². The molecule has 3 rings (SSSR count). The van der Waals surface area contributed by atoms with Gasteiger partial charge < -0.3 is 14.7 Å². The molecule has 1 aliphatic heterocycles. The number of esters is 1. The molecule has 0 aliphatic carbocycles. The number of ether oxygens (including phenoxy) is 1. The maximum Gasteiger partial charge on any atom is 0.412 e. The van der Waals surface area contributed by atoms with E-state index >= 15 is 0 Å². The normalized spacial score (nSPS) is 15.7. The second kappa shape index (κ2) is 7.90. The van der Waals surface area contributed by atoms with Crippen molar-refractivity contribution in [1.29, 1.82) is 0 Å². The fourth-order valence-corrected chi connectivity index (χ4v) is 3.44. The van der Waals surface area contributed by atoms with E-state index in [9.17, 15) is 19.5 Å². The van der Waals surface area contributed by atoms with E-state index in [-0.39, 0.29) is 29.8 Å². The summed E-state index contributed by atoms with van der Waals surface area (Å²) in [5.41, 5.74) is 3.33. The number of carbonyl (C=O) groups excluding carboxylic acids is 2. The van der Waals surface area contributed by atoms with Crippen molar-refractivity contribution in [1.82, 2.24) is 4.98 Å². The van der Waals surface area contributed by atoms with Crippen LogP contribution in [-0.2, 0) is 4.74 Å². The summed E-state index contributed by atoms with van der Waals surface area (Å²) in [6.45, 7) is 5.93. The molecule has 1 aromatic carbocycles. The van der Waals surface area contributed by atoms with Gasteiger partial charge in [0.2, 0.25) is 0 Å². The predicted octanol–water partition coefficient (Wildman–Crippen LogP) is 3.41. The lowest BCUT2D eigenvalue weighted by Gasteiger charge is -2.41. The van der Waals surface area contributed by atoms with E-state index in [4.69, 9.17) is 0 Å². The zero-order chi connectivity index (χ0) is 21.3. The molecule has 152 valence electrons. The number of aryl methyl sites for hydroxylation is 2. The highest BCUT2D eigenvalue weighted by Gasteiger charge is 2.37. The van der Waals surface area contributed by atoms with Crippen LogP contribution in [-0.4, -0.2) is 47.8 Å². The number of fused-ring (bicyclic) bond motifs is 1. The van der Waals surface area contributed by atoms with Crippen molar-refractivity contribution in [3.63, 3.8) is 0 Å². The van der Waals surface area contributed by atoms with Crippen LogP contribution in [0, 0.1) is 13.8 Å². The molecule has 29 heavy (non-hydrogen) atoms. The number of nitrogens with zero attached hydrogens (tertiary/aromatic N) is 3. The second-order valence-corrected chi connectivity index (χ2v) is 6.98. The predicted molar refractivity (Wildman–Crippen MR) is 108 cm³/mol. The van der Waals surface area contributed by atoms with E-state index < -0.39 is 12.1 Å². The molecule has 0 radical (unpaired) electrons. The summed E-state index contributed by atoms with van der Waals surface area (Å²) in [6, 6.07) is 6.21. The molecule has 0 bridgehead atoms. The first-order valence-electron chi connectivity index (χ1n) is 9.28. The number of amides is 2. The van der Waals surface area contributed by atoms with Crippen LogP contribution in [0.2, 0.25) is 0 Å². The van der Waals surface area contributed by atoms with E-state index in [1.807, 2.05) is 26.8 Å². The van der Waals surface area contributed by atoms with Gasteiger partial charge in [-0.25, -0.2) is 9.59 Å². The number of carbonyl (C=O) groups is 3. The third kappa shape index (κ3) is 3.65. The van der Waals surface area contributed by atoms with E-state index in [0.717, 1.165) is 11.1 Å². The van der Waals surface area contributed by atoms with Gasteiger partial charge in [-0.3, -0.25) is 14.7 Å². The third-order valence-corrected chi connectivity index (χ3v) is 5.23. The average molecular weight is 397 g/mol. The first-order chi connectivity index (χ1) is 13.8. The molecule has 0 saturated heterocycles. The van der Waals surface area contributed by atoms with Gasteiger partial charge >= 0.3 is 12.1 Å². The van der Waals surface area contributed by atoms with Crippen molar-refractivity contribution in [2.45, 2.75) is 33.2 Å². The number of hydrogen-bond acceptors (Lipinski definition) is 5. The molecule has 8 heteroatoms. The Balaban J connectivity index is 2.06. The summed E-state index contributed by atoms with van der Waals surface area (Å²) in [5, 5.41) is 9.76. The number of benzene rings is 1. The minimum atomic E-state index is -1.05. The van der Waals surface area contributed by atoms with Crippen LogP contribution in [0.1, 0.15) is 45.3 Å². The van der Waals surface area contributed by atoms with Crippen LogP contribution in [0.15, 0.2) is 30.5 Å². The van der Waals surface area contributed by atoms with E-state index in [2.05, 4.69) is 9.72 Å². The highest BCUT2D eigenvalue weighted by Crippen LogP contribution is 2.39. The monoisotopic (exact) mass is 397 g/mol. The average Bonchev–Trinajstić information content (AvgIpc) is 2.72. The molecule has 1 aromatic heterocycles. The molecular formula is C21H23N3O5. The molecule has 1 aliphatic rings. The van der Waals surface area contributed by atoms with E-state index in [1.165, 1.54) is 30.3 Å². The lowest BCUT2D eigenvalue weighted by Crippen LogP contribution is -2.53. The summed E-state index contributed by atoms with van der Waals surface area (Å²) in [7, 11) is 1.27. The zero-order valence-electron chi connectivity index (χ0n) is 16.8. The van der Waals surface area contributed by atoms with Crippen LogP contribution < -0.4 is 9.80 Å². The summed E-state index contributed by atoms with van der Waals surface area (Å²) >= 11 is 0. The van der Waals surface area contributed by atoms with E-state index in [0.29, 0.717) is 17.8 Å². The third-order valence-electron chi connectivity index (χ3n) is 5.23.